The van der Waals surface area contributed by atoms with Gasteiger partial charge in [0, 0.05) is 37.9 Å². The predicted molar refractivity (Wildman–Crippen MR) is 167 cm³/mol. The predicted octanol–water partition coefficient (Wildman–Crippen LogP) is 1.67. The van der Waals surface area contributed by atoms with E-state index in [-0.39, 0.29) is 42.9 Å². The third-order valence-corrected chi connectivity index (χ3v) is 8.58. The quantitative estimate of drug-likeness (QED) is 0.124. The molecule has 7 N–H and O–H groups in total. The highest BCUT2D eigenvalue weighted by Gasteiger charge is 2.39. The fraction of sp³-hybridized carbons (Fsp3) is 0.806. The molecule has 0 radical (unpaired) electrons. The van der Waals surface area contributed by atoms with Crippen LogP contribution >= 0.6 is 0 Å². The number of hydrogen-bond donors (Lipinski definition) is 6. The highest BCUT2D eigenvalue weighted by Crippen LogP contribution is 2.28. The Bertz CT molecular complexity index is 995. The van der Waals surface area contributed by atoms with Crippen molar-refractivity contribution in [1.82, 2.24) is 26.6 Å². The van der Waals surface area contributed by atoms with Crippen LogP contribution in [0.4, 0.5) is 0 Å². The lowest BCUT2D eigenvalue weighted by Crippen LogP contribution is -2.58. The number of ketones is 1. The Morgan fingerprint density at radius 3 is 2.33 bits per heavy atom. The molecule has 1 aliphatic carbocycles. The first-order valence-corrected chi connectivity index (χ1v) is 16.2. The SMILES string of the molecule is CCNC(N)=NCCC[C@@H]1CC(=O)[C@](C)(NC(=O)C(C)C)CCNC(=O)[C@@H](CC2CCCCC2)NC(=O)[C@H](CC)NC1=O. The van der Waals surface area contributed by atoms with E-state index in [1.807, 2.05) is 6.92 Å². The Morgan fingerprint density at radius 2 is 1.70 bits per heavy atom. The number of rotatable bonds is 10. The molecule has 4 amide bonds. The minimum Gasteiger partial charge on any atom is -0.370 e. The number of carbonyl (C=O) groups is 5. The number of nitrogens with zero attached hydrogens (tertiary/aromatic N) is 1. The fourth-order valence-corrected chi connectivity index (χ4v) is 5.70. The van der Waals surface area contributed by atoms with Crippen LogP contribution in [-0.4, -0.2) is 72.6 Å². The Kier molecular flexibility index (Phi) is 14.9. The van der Waals surface area contributed by atoms with Gasteiger partial charge in [0.1, 0.15) is 12.1 Å². The summed E-state index contributed by atoms with van der Waals surface area (Å²) in [5, 5.41) is 14.5. The number of nitrogens with one attached hydrogen (secondary N) is 5. The molecule has 2 aliphatic rings. The Hall–Kier alpha value is -3.18. The van der Waals surface area contributed by atoms with Crippen molar-refractivity contribution in [3.63, 3.8) is 0 Å². The van der Waals surface area contributed by atoms with Crippen LogP contribution < -0.4 is 32.3 Å². The Balaban J connectivity index is 2.36. The van der Waals surface area contributed by atoms with Crippen LogP contribution in [0.3, 0.4) is 0 Å². The molecule has 0 bridgehead atoms. The largest absolute Gasteiger partial charge is 0.370 e. The van der Waals surface area contributed by atoms with Crippen molar-refractivity contribution in [3.05, 3.63) is 0 Å². The average Bonchev–Trinajstić information content (AvgIpc) is 2.96. The van der Waals surface area contributed by atoms with Crippen molar-refractivity contribution in [2.24, 2.45) is 28.5 Å². The lowest BCUT2D eigenvalue weighted by molar-refractivity contribution is -0.137. The summed E-state index contributed by atoms with van der Waals surface area (Å²) in [4.78, 5) is 71.2. The van der Waals surface area contributed by atoms with Gasteiger partial charge in [-0.05, 0) is 51.9 Å². The zero-order valence-corrected chi connectivity index (χ0v) is 26.9. The van der Waals surface area contributed by atoms with E-state index < -0.39 is 35.4 Å². The van der Waals surface area contributed by atoms with Gasteiger partial charge in [-0.25, -0.2) is 0 Å². The van der Waals surface area contributed by atoms with Crippen LogP contribution in [0, 0.1) is 17.8 Å². The summed E-state index contributed by atoms with van der Waals surface area (Å²) in [6.45, 7) is 9.97. The molecule has 2 fully saturated rings. The van der Waals surface area contributed by atoms with E-state index >= 15 is 0 Å². The fourth-order valence-electron chi connectivity index (χ4n) is 5.70. The highest BCUT2D eigenvalue weighted by molar-refractivity contribution is 5.97. The van der Waals surface area contributed by atoms with Gasteiger partial charge in [0.25, 0.3) is 0 Å². The van der Waals surface area contributed by atoms with Crippen LogP contribution in [0.2, 0.25) is 0 Å². The third kappa shape index (κ3) is 11.8. The van der Waals surface area contributed by atoms with Gasteiger partial charge in [0.05, 0.1) is 5.54 Å². The van der Waals surface area contributed by atoms with Gasteiger partial charge in [0.2, 0.25) is 23.6 Å². The van der Waals surface area contributed by atoms with Crippen molar-refractivity contribution >= 4 is 35.4 Å². The first-order chi connectivity index (χ1) is 20.4. The molecular formula is C31H55N7O5. The second-order valence-electron chi connectivity index (χ2n) is 12.6. The maximum Gasteiger partial charge on any atom is 0.243 e. The summed E-state index contributed by atoms with van der Waals surface area (Å²) < 4.78 is 0. The van der Waals surface area contributed by atoms with Crippen molar-refractivity contribution in [3.8, 4) is 0 Å². The molecule has 12 nitrogen and oxygen atoms in total. The summed E-state index contributed by atoms with van der Waals surface area (Å²) in [7, 11) is 0. The van der Waals surface area contributed by atoms with Crippen LogP contribution in [0.25, 0.3) is 0 Å². The highest BCUT2D eigenvalue weighted by atomic mass is 16.2. The summed E-state index contributed by atoms with van der Waals surface area (Å²) in [5.41, 5.74) is 4.53. The normalized spacial score (nSPS) is 27.1. The van der Waals surface area contributed by atoms with Gasteiger partial charge in [-0.15, -0.1) is 0 Å². The lowest BCUT2D eigenvalue weighted by Gasteiger charge is -2.33. The molecule has 43 heavy (non-hydrogen) atoms. The van der Waals surface area contributed by atoms with E-state index in [0.29, 0.717) is 50.7 Å². The number of aliphatic imine (C=N–C) groups is 1. The molecular weight excluding hydrogens is 550 g/mol. The summed E-state index contributed by atoms with van der Waals surface area (Å²) >= 11 is 0. The summed E-state index contributed by atoms with van der Waals surface area (Å²) in [6, 6.07) is -1.61. The third-order valence-electron chi connectivity index (χ3n) is 8.58. The standard InChI is InChI=1S/C31H55N7O5/c1-6-23-29(43)37-24(18-21-12-9-8-10-13-21)28(42)34-17-15-31(5,38-26(40)20(3)4)25(39)19-22(27(41)36-23)14-11-16-35-30(32)33-7-2/h20-24H,6-19H2,1-5H3,(H,34,42)(H,36,41)(H,37,43)(H,38,40)(H3,32,33,35)/t22-,23+,24-,31-/m1/s1. The molecule has 0 aromatic heterocycles. The zero-order valence-electron chi connectivity index (χ0n) is 26.9. The summed E-state index contributed by atoms with van der Waals surface area (Å²) in [6.07, 6.45) is 7.08. The van der Waals surface area contributed by atoms with Crippen LogP contribution in [-0.2, 0) is 24.0 Å². The number of amides is 4. The van der Waals surface area contributed by atoms with Gasteiger partial charge in [0.15, 0.2) is 11.7 Å². The zero-order chi connectivity index (χ0) is 32.0. The first kappa shape index (κ1) is 36.0. The van der Waals surface area contributed by atoms with Crippen molar-refractivity contribution in [1.29, 1.82) is 0 Å². The van der Waals surface area contributed by atoms with Crippen LogP contribution in [0.1, 0.15) is 105 Å². The van der Waals surface area contributed by atoms with Crippen molar-refractivity contribution in [2.45, 2.75) is 123 Å². The monoisotopic (exact) mass is 605 g/mol. The molecule has 2 rings (SSSR count). The molecule has 4 atom stereocenters. The Morgan fingerprint density at radius 1 is 1.02 bits per heavy atom. The number of hydrogen-bond acceptors (Lipinski definition) is 6. The number of nitrogens with two attached hydrogens (primary N) is 1. The average molecular weight is 606 g/mol. The van der Waals surface area contributed by atoms with E-state index in [1.165, 1.54) is 6.42 Å². The van der Waals surface area contributed by atoms with Gasteiger partial charge in [-0.2, -0.15) is 0 Å². The van der Waals surface area contributed by atoms with E-state index in [9.17, 15) is 24.0 Å². The maximum absolute atomic E-state index is 13.8. The molecule has 0 aromatic rings. The second kappa shape index (κ2) is 17.8. The summed E-state index contributed by atoms with van der Waals surface area (Å²) in [5.74, 6) is -2.20. The number of Topliss-reactive ketones (excluding diaryl/α,β-unsaturated/α-hetero) is 1. The molecule has 1 saturated heterocycles. The lowest BCUT2D eigenvalue weighted by atomic mass is 9.83. The molecule has 1 aliphatic heterocycles. The maximum atomic E-state index is 13.8. The second-order valence-corrected chi connectivity index (χ2v) is 12.6. The Labute approximate surface area is 256 Å². The minimum atomic E-state index is -1.29. The minimum absolute atomic E-state index is 0.128. The molecule has 0 unspecified atom stereocenters. The molecule has 1 heterocycles. The number of guanidine groups is 1. The molecule has 0 aromatic carbocycles. The molecule has 12 heteroatoms. The van der Waals surface area contributed by atoms with Crippen molar-refractivity contribution < 1.29 is 24.0 Å². The van der Waals surface area contributed by atoms with Gasteiger partial charge < -0.3 is 32.3 Å². The smallest absolute Gasteiger partial charge is 0.243 e. The topological polar surface area (TPSA) is 184 Å². The van der Waals surface area contributed by atoms with Crippen LogP contribution in [0.5, 0.6) is 0 Å². The van der Waals surface area contributed by atoms with Gasteiger partial charge in [-0.1, -0.05) is 52.9 Å². The number of carbonyl (C=O) groups excluding carboxylic acids is 5. The van der Waals surface area contributed by atoms with Gasteiger partial charge in [-0.3, -0.25) is 29.0 Å². The molecule has 244 valence electrons. The van der Waals surface area contributed by atoms with E-state index in [4.69, 9.17) is 5.73 Å². The van der Waals surface area contributed by atoms with Crippen molar-refractivity contribution in [2.75, 3.05) is 19.6 Å². The van der Waals surface area contributed by atoms with E-state index in [2.05, 4.69) is 31.6 Å². The molecule has 1 saturated carbocycles. The van der Waals surface area contributed by atoms with E-state index in [0.717, 1.165) is 25.7 Å². The first-order valence-electron chi connectivity index (χ1n) is 16.2. The van der Waals surface area contributed by atoms with Crippen LogP contribution in [0.15, 0.2) is 4.99 Å². The van der Waals surface area contributed by atoms with Gasteiger partial charge >= 0.3 is 0 Å². The van der Waals surface area contributed by atoms with E-state index in [1.54, 1.807) is 27.7 Å². The molecule has 0 spiro atoms.